The molecule has 1 fully saturated rings. The quantitative estimate of drug-likeness (QED) is 0.692. The molecular weight excluding hydrogens is 176 g/mol. The minimum Gasteiger partial charge on any atom is -0.343 e. The van der Waals surface area contributed by atoms with Crippen LogP contribution in [0.4, 0.5) is 0 Å². The van der Waals surface area contributed by atoms with E-state index in [-0.39, 0.29) is 0 Å². The van der Waals surface area contributed by atoms with Gasteiger partial charge in [0, 0.05) is 26.1 Å². The molecule has 14 heavy (non-hydrogen) atoms. The van der Waals surface area contributed by atoms with Crippen molar-refractivity contribution in [2.75, 3.05) is 26.2 Å². The number of unbranched alkanes of at least 4 members (excludes halogenated alkanes) is 2. The Morgan fingerprint density at radius 3 is 3.00 bits per heavy atom. The first-order valence-electron chi connectivity index (χ1n) is 5.83. The summed E-state index contributed by atoms with van der Waals surface area (Å²) in [6.45, 7) is 6.00. The molecule has 0 spiro atoms. The molecule has 0 aliphatic carbocycles. The number of nitrogens with zero attached hydrogens (tertiary/aromatic N) is 1. The van der Waals surface area contributed by atoms with Crippen LogP contribution >= 0.6 is 0 Å². The number of hydrogen-bond donors (Lipinski definition) is 1. The highest BCUT2D eigenvalue weighted by Gasteiger charge is 2.13. The lowest BCUT2D eigenvalue weighted by Gasteiger charge is -2.25. The van der Waals surface area contributed by atoms with Crippen molar-refractivity contribution in [3.63, 3.8) is 0 Å². The van der Waals surface area contributed by atoms with Crippen LogP contribution in [-0.2, 0) is 4.79 Å². The van der Waals surface area contributed by atoms with Gasteiger partial charge in [0.15, 0.2) is 0 Å². The lowest BCUT2D eigenvalue weighted by atomic mass is 10.2. The van der Waals surface area contributed by atoms with Gasteiger partial charge in [0.25, 0.3) is 0 Å². The second-order valence-corrected chi connectivity index (χ2v) is 3.94. The van der Waals surface area contributed by atoms with Gasteiger partial charge in [-0.1, -0.05) is 19.8 Å². The van der Waals surface area contributed by atoms with E-state index in [9.17, 15) is 4.79 Å². The molecule has 3 heteroatoms. The predicted molar refractivity (Wildman–Crippen MR) is 58.2 cm³/mol. The molecule has 0 aromatic heterocycles. The minimum atomic E-state index is 0.327. The highest BCUT2D eigenvalue weighted by molar-refractivity contribution is 5.76. The van der Waals surface area contributed by atoms with Crippen molar-refractivity contribution in [2.24, 2.45) is 0 Å². The monoisotopic (exact) mass is 198 g/mol. The maximum atomic E-state index is 11.6. The zero-order valence-electron chi connectivity index (χ0n) is 9.22. The molecule has 3 nitrogen and oxygen atoms in total. The molecule has 1 heterocycles. The van der Waals surface area contributed by atoms with Crippen LogP contribution in [0.15, 0.2) is 0 Å². The van der Waals surface area contributed by atoms with Gasteiger partial charge in [-0.2, -0.15) is 0 Å². The van der Waals surface area contributed by atoms with Crippen LogP contribution in [0.2, 0.25) is 0 Å². The standard InChI is InChI=1S/C11H22N2O/c1-2-3-4-9-13-10-5-7-12-8-6-11(13)14/h12H,2-10H2,1H3. The topological polar surface area (TPSA) is 32.3 Å². The van der Waals surface area contributed by atoms with Gasteiger partial charge in [0.1, 0.15) is 0 Å². The second kappa shape index (κ2) is 6.82. The molecule has 0 aromatic carbocycles. The Hall–Kier alpha value is -0.570. The summed E-state index contributed by atoms with van der Waals surface area (Å²) in [6, 6.07) is 0. The summed E-state index contributed by atoms with van der Waals surface area (Å²) >= 11 is 0. The van der Waals surface area contributed by atoms with E-state index in [4.69, 9.17) is 0 Å². The third-order valence-corrected chi connectivity index (χ3v) is 2.68. The molecule has 0 unspecified atom stereocenters. The average Bonchev–Trinajstić information content (AvgIpc) is 2.17. The zero-order chi connectivity index (χ0) is 10.2. The lowest BCUT2D eigenvalue weighted by Crippen LogP contribution is -2.38. The number of carbonyl (C=O) groups excluding carboxylic acids is 1. The molecule has 1 rings (SSSR count). The largest absolute Gasteiger partial charge is 0.343 e. The SMILES string of the molecule is CCCCCN1CCCNCCC1=O. The second-order valence-electron chi connectivity index (χ2n) is 3.94. The molecule has 1 aliphatic rings. The minimum absolute atomic E-state index is 0.327. The van der Waals surface area contributed by atoms with Gasteiger partial charge < -0.3 is 10.2 Å². The maximum Gasteiger partial charge on any atom is 0.223 e. The highest BCUT2D eigenvalue weighted by Crippen LogP contribution is 2.03. The number of nitrogens with one attached hydrogen (secondary N) is 1. The zero-order valence-corrected chi connectivity index (χ0v) is 9.22. The Morgan fingerprint density at radius 2 is 2.21 bits per heavy atom. The normalized spacial score (nSPS) is 19.2. The van der Waals surface area contributed by atoms with Crippen molar-refractivity contribution in [2.45, 2.75) is 39.0 Å². The van der Waals surface area contributed by atoms with E-state index in [0.29, 0.717) is 12.3 Å². The first-order valence-corrected chi connectivity index (χ1v) is 5.83. The van der Waals surface area contributed by atoms with Gasteiger partial charge in [0.05, 0.1) is 0 Å². The number of rotatable bonds is 4. The van der Waals surface area contributed by atoms with E-state index in [0.717, 1.165) is 39.0 Å². The Balaban J connectivity index is 2.26. The van der Waals surface area contributed by atoms with Gasteiger partial charge in [-0.3, -0.25) is 4.79 Å². The molecule has 0 saturated carbocycles. The molecule has 82 valence electrons. The third-order valence-electron chi connectivity index (χ3n) is 2.68. The van der Waals surface area contributed by atoms with Crippen molar-refractivity contribution in [3.05, 3.63) is 0 Å². The first kappa shape index (κ1) is 11.5. The Labute approximate surface area is 86.9 Å². The Morgan fingerprint density at radius 1 is 1.36 bits per heavy atom. The van der Waals surface area contributed by atoms with Gasteiger partial charge >= 0.3 is 0 Å². The van der Waals surface area contributed by atoms with E-state index < -0.39 is 0 Å². The Bertz CT molecular complexity index is 171. The fraction of sp³-hybridized carbons (Fsp3) is 0.909. The van der Waals surface area contributed by atoms with Crippen LogP contribution in [-0.4, -0.2) is 37.0 Å². The number of hydrogen-bond acceptors (Lipinski definition) is 2. The summed E-state index contributed by atoms with van der Waals surface area (Å²) in [4.78, 5) is 13.7. The van der Waals surface area contributed by atoms with Crippen LogP contribution in [0.5, 0.6) is 0 Å². The molecule has 1 saturated heterocycles. The molecule has 0 radical (unpaired) electrons. The van der Waals surface area contributed by atoms with E-state index in [1.807, 2.05) is 4.90 Å². The van der Waals surface area contributed by atoms with Gasteiger partial charge in [-0.05, 0) is 19.4 Å². The van der Waals surface area contributed by atoms with Crippen LogP contribution in [0.1, 0.15) is 39.0 Å². The predicted octanol–water partition coefficient (Wildman–Crippen LogP) is 1.39. The first-order chi connectivity index (χ1) is 6.84. The average molecular weight is 198 g/mol. The van der Waals surface area contributed by atoms with Crippen molar-refractivity contribution in [1.82, 2.24) is 10.2 Å². The lowest BCUT2D eigenvalue weighted by molar-refractivity contribution is -0.131. The Kier molecular flexibility index (Phi) is 5.60. The van der Waals surface area contributed by atoms with Crippen LogP contribution < -0.4 is 5.32 Å². The van der Waals surface area contributed by atoms with E-state index in [1.54, 1.807) is 0 Å². The van der Waals surface area contributed by atoms with Crippen molar-refractivity contribution >= 4 is 5.91 Å². The van der Waals surface area contributed by atoms with Crippen molar-refractivity contribution in [1.29, 1.82) is 0 Å². The summed E-state index contributed by atoms with van der Waals surface area (Å²) < 4.78 is 0. The summed E-state index contributed by atoms with van der Waals surface area (Å²) in [5.41, 5.74) is 0. The molecule has 1 N–H and O–H groups in total. The summed E-state index contributed by atoms with van der Waals surface area (Å²) in [7, 11) is 0. The fourth-order valence-corrected chi connectivity index (χ4v) is 1.79. The summed E-state index contributed by atoms with van der Waals surface area (Å²) in [5, 5.41) is 3.26. The van der Waals surface area contributed by atoms with Crippen LogP contribution in [0.25, 0.3) is 0 Å². The highest BCUT2D eigenvalue weighted by atomic mass is 16.2. The third kappa shape index (κ3) is 4.09. The van der Waals surface area contributed by atoms with Gasteiger partial charge in [-0.25, -0.2) is 0 Å². The number of amides is 1. The summed E-state index contributed by atoms with van der Waals surface area (Å²) in [5.74, 6) is 0.327. The van der Waals surface area contributed by atoms with Crippen molar-refractivity contribution < 1.29 is 4.79 Å². The molecular formula is C11H22N2O. The van der Waals surface area contributed by atoms with Crippen LogP contribution in [0.3, 0.4) is 0 Å². The summed E-state index contributed by atoms with van der Waals surface area (Å²) in [6.07, 6.45) is 5.39. The fourth-order valence-electron chi connectivity index (χ4n) is 1.79. The van der Waals surface area contributed by atoms with Crippen molar-refractivity contribution in [3.8, 4) is 0 Å². The van der Waals surface area contributed by atoms with E-state index in [1.165, 1.54) is 12.8 Å². The maximum absolute atomic E-state index is 11.6. The number of carbonyl (C=O) groups is 1. The molecule has 0 bridgehead atoms. The van der Waals surface area contributed by atoms with E-state index >= 15 is 0 Å². The molecule has 1 amide bonds. The van der Waals surface area contributed by atoms with E-state index in [2.05, 4.69) is 12.2 Å². The van der Waals surface area contributed by atoms with Gasteiger partial charge in [0.2, 0.25) is 5.91 Å². The molecule has 0 aromatic rings. The molecule has 0 atom stereocenters. The smallest absolute Gasteiger partial charge is 0.223 e. The van der Waals surface area contributed by atoms with Crippen LogP contribution in [0, 0.1) is 0 Å². The van der Waals surface area contributed by atoms with Gasteiger partial charge in [-0.15, -0.1) is 0 Å². The molecule has 1 aliphatic heterocycles.